The molecule has 0 fully saturated rings. The number of non-ortho nitro benzene ring substituents is 1. The first kappa shape index (κ1) is 12.4. The Balaban J connectivity index is 2.91. The summed E-state index contributed by atoms with van der Waals surface area (Å²) < 4.78 is 0. The monoisotopic (exact) mass is 235 g/mol. The minimum Gasteiger partial charge on any atom is -0.506 e. The van der Waals surface area contributed by atoms with Gasteiger partial charge in [0.25, 0.3) is 5.69 Å². The number of hydrogen-bond donors (Lipinski definition) is 2. The molecule has 0 aromatic heterocycles. The Bertz CT molecular complexity index is 507. The van der Waals surface area contributed by atoms with Gasteiger partial charge in [0.1, 0.15) is 11.7 Å². The maximum absolute atomic E-state index is 11.3. The van der Waals surface area contributed by atoms with Crippen LogP contribution in [0.3, 0.4) is 0 Å². The molecule has 0 spiro atoms. The summed E-state index contributed by atoms with van der Waals surface area (Å²) in [6, 6.07) is 5.00. The van der Waals surface area contributed by atoms with Gasteiger partial charge in [0, 0.05) is 6.07 Å². The Hall–Kier alpha value is -2.62. The minimum absolute atomic E-state index is 0.0303. The van der Waals surface area contributed by atoms with E-state index in [1.54, 1.807) is 6.07 Å². The van der Waals surface area contributed by atoms with Crippen LogP contribution in [0.4, 0.5) is 11.4 Å². The van der Waals surface area contributed by atoms with Crippen LogP contribution in [0.5, 0.6) is 5.75 Å². The highest BCUT2D eigenvalue weighted by molar-refractivity contribution is 5.95. The zero-order valence-electron chi connectivity index (χ0n) is 8.88. The van der Waals surface area contributed by atoms with Crippen molar-refractivity contribution in [2.75, 3.05) is 5.32 Å². The van der Waals surface area contributed by atoms with E-state index < -0.39 is 22.5 Å². The van der Waals surface area contributed by atoms with Crippen molar-refractivity contribution in [3.63, 3.8) is 0 Å². The lowest BCUT2D eigenvalue weighted by molar-refractivity contribution is -0.384. The molecule has 1 amide bonds. The van der Waals surface area contributed by atoms with Crippen LogP contribution >= 0.6 is 0 Å². The summed E-state index contributed by atoms with van der Waals surface area (Å²) >= 11 is 0. The smallest absolute Gasteiger partial charge is 0.273 e. The van der Waals surface area contributed by atoms with Crippen molar-refractivity contribution in [3.05, 3.63) is 28.3 Å². The number of nitrogens with zero attached hydrogens (tertiary/aromatic N) is 2. The van der Waals surface area contributed by atoms with Crippen molar-refractivity contribution in [3.8, 4) is 11.8 Å². The van der Waals surface area contributed by atoms with E-state index in [9.17, 15) is 20.0 Å². The molecule has 1 aromatic carbocycles. The highest BCUT2D eigenvalue weighted by atomic mass is 16.6. The van der Waals surface area contributed by atoms with Crippen LogP contribution in [0.1, 0.15) is 6.92 Å². The van der Waals surface area contributed by atoms with Gasteiger partial charge in [0.05, 0.1) is 22.7 Å². The Morgan fingerprint density at radius 3 is 2.76 bits per heavy atom. The van der Waals surface area contributed by atoms with Crippen LogP contribution in [0.2, 0.25) is 0 Å². The fourth-order valence-electron chi connectivity index (χ4n) is 1.04. The van der Waals surface area contributed by atoms with Crippen molar-refractivity contribution in [2.45, 2.75) is 6.92 Å². The third kappa shape index (κ3) is 2.92. The van der Waals surface area contributed by atoms with E-state index in [0.29, 0.717) is 0 Å². The molecule has 7 nitrogen and oxygen atoms in total. The molecular formula is C10H9N3O4. The van der Waals surface area contributed by atoms with Crippen molar-refractivity contribution in [1.29, 1.82) is 5.26 Å². The predicted octanol–water partition coefficient (Wildman–Crippen LogP) is 1.40. The maximum Gasteiger partial charge on any atom is 0.273 e. The van der Waals surface area contributed by atoms with E-state index in [1.165, 1.54) is 13.0 Å². The van der Waals surface area contributed by atoms with Gasteiger partial charge in [-0.3, -0.25) is 14.9 Å². The highest BCUT2D eigenvalue weighted by Crippen LogP contribution is 2.28. The van der Waals surface area contributed by atoms with Crippen LogP contribution in [0.25, 0.3) is 0 Å². The summed E-state index contributed by atoms with van der Waals surface area (Å²) in [6.07, 6.45) is 0. The number of rotatable bonds is 3. The number of aromatic hydroxyl groups is 1. The fourth-order valence-corrected chi connectivity index (χ4v) is 1.04. The molecule has 1 rings (SSSR count). The molecule has 0 aliphatic carbocycles. The number of phenols is 1. The van der Waals surface area contributed by atoms with E-state index in [0.717, 1.165) is 12.1 Å². The first-order chi connectivity index (χ1) is 7.95. The normalized spacial score (nSPS) is 11.3. The number of nitro groups is 1. The molecule has 1 aromatic rings. The van der Waals surface area contributed by atoms with E-state index in [-0.39, 0.29) is 11.4 Å². The van der Waals surface area contributed by atoms with Crippen molar-refractivity contribution < 1.29 is 14.8 Å². The summed E-state index contributed by atoms with van der Waals surface area (Å²) in [4.78, 5) is 21.1. The molecule has 0 radical (unpaired) electrons. The van der Waals surface area contributed by atoms with Gasteiger partial charge in [-0.15, -0.1) is 0 Å². The third-order valence-corrected chi connectivity index (χ3v) is 2.04. The summed E-state index contributed by atoms with van der Waals surface area (Å²) in [5, 5.41) is 30.6. The molecule has 0 aliphatic heterocycles. The van der Waals surface area contributed by atoms with Gasteiger partial charge in [-0.1, -0.05) is 0 Å². The molecule has 2 N–H and O–H groups in total. The number of phenolic OH excluding ortho intramolecular Hbond substituents is 1. The number of hydrogen-bond acceptors (Lipinski definition) is 5. The molecule has 1 atom stereocenters. The number of anilines is 1. The van der Waals surface area contributed by atoms with E-state index in [4.69, 9.17) is 5.26 Å². The van der Waals surface area contributed by atoms with Crippen LogP contribution < -0.4 is 5.32 Å². The Kier molecular flexibility index (Phi) is 3.62. The molecular weight excluding hydrogens is 226 g/mol. The Morgan fingerprint density at radius 1 is 1.65 bits per heavy atom. The number of carbonyl (C=O) groups is 1. The largest absolute Gasteiger partial charge is 0.506 e. The van der Waals surface area contributed by atoms with E-state index in [2.05, 4.69) is 5.32 Å². The zero-order chi connectivity index (χ0) is 13.0. The van der Waals surface area contributed by atoms with Gasteiger partial charge < -0.3 is 10.4 Å². The Morgan fingerprint density at radius 2 is 2.29 bits per heavy atom. The number of nitro benzene ring substituents is 1. The quantitative estimate of drug-likeness (QED) is 0.466. The minimum atomic E-state index is -0.871. The van der Waals surface area contributed by atoms with E-state index >= 15 is 0 Å². The van der Waals surface area contributed by atoms with Crippen LogP contribution in [-0.2, 0) is 4.79 Å². The molecule has 7 heteroatoms. The average Bonchev–Trinajstić information content (AvgIpc) is 2.30. The van der Waals surface area contributed by atoms with Crippen LogP contribution in [0, 0.1) is 27.4 Å². The molecule has 0 aliphatic rings. The van der Waals surface area contributed by atoms with Gasteiger partial charge >= 0.3 is 0 Å². The third-order valence-electron chi connectivity index (χ3n) is 2.04. The number of nitriles is 1. The number of amides is 1. The molecule has 88 valence electrons. The van der Waals surface area contributed by atoms with Crippen molar-refractivity contribution in [2.24, 2.45) is 5.92 Å². The lowest BCUT2D eigenvalue weighted by Crippen LogP contribution is -2.18. The van der Waals surface area contributed by atoms with Gasteiger partial charge in [-0.2, -0.15) is 5.26 Å². The molecule has 0 saturated carbocycles. The summed E-state index contributed by atoms with van der Waals surface area (Å²) in [7, 11) is 0. The lowest BCUT2D eigenvalue weighted by atomic mass is 10.2. The van der Waals surface area contributed by atoms with Crippen molar-refractivity contribution >= 4 is 17.3 Å². The van der Waals surface area contributed by atoms with Crippen LogP contribution in [-0.4, -0.2) is 15.9 Å². The second kappa shape index (κ2) is 4.94. The fraction of sp³-hybridized carbons (Fsp3) is 0.200. The number of nitrogens with one attached hydrogen (secondary N) is 1. The summed E-state index contributed by atoms with van der Waals surface area (Å²) in [5.41, 5.74) is -0.253. The SMILES string of the molecule is CC(C#N)C(=O)Nc1ccc([N+](=O)[O-])cc1O. The zero-order valence-corrected chi connectivity index (χ0v) is 8.88. The molecule has 0 saturated heterocycles. The topological polar surface area (TPSA) is 116 Å². The highest BCUT2D eigenvalue weighted by Gasteiger charge is 2.15. The molecule has 1 unspecified atom stereocenters. The van der Waals surface area contributed by atoms with E-state index in [1.807, 2.05) is 0 Å². The predicted molar refractivity (Wildman–Crippen MR) is 58.2 cm³/mol. The standard InChI is InChI=1S/C10H9N3O4/c1-6(5-11)10(15)12-8-3-2-7(13(16)17)4-9(8)14/h2-4,6,14H,1H3,(H,12,15). The lowest BCUT2D eigenvalue weighted by Gasteiger charge is -2.07. The molecule has 0 heterocycles. The Labute approximate surface area is 96.4 Å². The maximum atomic E-state index is 11.3. The summed E-state index contributed by atoms with van der Waals surface area (Å²) in [5.74, 6) is -1.88. The first-order valence-electron chi connectivity index (χ1n) is 4.63. The average molecular weight is 235 g/mol. The number of benzene rings is 1. The van der Waals surface area contributed by atoms with Gasteiger partial charge in [-0.05, 0) is 13.0 Å². The van der Waals surface area contributed by atoms with Gasteiger partial charge in [0.2, 0.25) is 5.91 Å². The number of carbonyl (C=O) groups excluding carboxylic acids is 1. The van der Waals surface area contributed by atoms with Crippen LogP contribution in [0.15, 0.2) is 18.2 Å². The second-order valence-corrected chi connectivity index (χ2v) is 3.30. The molecule has 17 heavy (non-hydrogen) atoms. The van der Waals surface area contributed by atoms with Crippen molar-refractivity contribution in [1.82, 2.24) is 0 Å². The van der Waals surface area contributed by atoms with Gasteiger partial charge in [0.15, 0.2) is 0 Å². The van der Waals surface area contributed by atoms with Gasteiger partial charge in [-0.25, -0.2) is 0 Å². The summed E-state index contributed by atoms with van der Waals surface area (Å²) in [6.45, 7) is 1.40. The molecule has 0 bridgehead atoms. The first-order valence-corrected chi connectivity index (χ1v) is 4.63. The second-order valence-electron chi connectivity index (χ2n) is 3.30.